The van der Waals surface area contributed by atoms with Crippen LogP contribution in [0.5, 0.6) is 11.5 Å². The number of amides is 1. The molecule has 0 spiro atoms. The molecular formula is C20H24N2O5S. The molecule has 0 aromatic heterocycles. The summed E-state index contributed by atoms with van der Waals surface area (Å²) in [5.74, 6) is 0.732. The van der Waals surface area contributed by atoms with Crippen LogP contribution in [-0.2, 0) is 14.8 Å². The van der Waals surface area contributed by atoms with Crippen LogP contribution in [0, 0.1) is 13.8 Å². The third kappa shape index (κ3) is 4.75. The van der Waals surface area contributed by atoms with E-state index in [9.17, 15) is 13.2 Å². The summed E-state index contributed by atoms with van der Waals surface area (Å²) < 4.78 is 36.8. The Morgan fingerprint density at radius 1 is 1.21 bits per heavy atom. The van der Waals surface area contributed by atoms with Gasteiger partial charge in [0.05, 0.1) is 25.0 Å². The molecule has 0 radical (unpaired) electrons. The molecule has 0 saturated carbocycles. The minimum absolute atomic E-state index is 0.0698. The maximum Gasteiger partial charge on any atom is 0.263 e. The topological polar surface area (TPSA) is 84.9 Å². The van der Waals surface area contributed by atoms with Gasteiger partial charge in [-0.15, -0.1) is 0 Å². The summed E-state index contributed by atoms with van der Waals surface area (Å²) in [6.07, 6.45) is 0.188. The van der Waals surface area contributed by atoms with E-state index in [-0.39, 0.29) is 19.0 Å². The van der Waals surface area contributed by atoms with Crippen LogP contribution in [0.4, 0.5) is 5.69 Å². The molecule has 8 heteroatoms. The van der Waals surface area contributed by atoms with E-state index in [1.807, 2.05) is 26.0 Å². The number of carbonyl (C=O) groups excluding carboxylic acids is 1. The highest BCUT2D eigenvalue weighted by Crippen LogP contribution is 2.34. The Bertz CT molecular complexity index is 954. The molecule has 0 bridgehead atoms. The summed E-state index contributed by atoms with van der Waals surface area (Å²) >= 11 is 0. The number of nitrogens with zero attached hydrogens (tertiary/aromatic N) is 1. The number of hydrogen-bond donors (Lipinski definition) is 1. The van der Waals surface area contributed by atoms with Crippen molar-refractivity contribution < 1.29 is 22.7 Å². The summed E-state index contributed by atoms with van der Waals surface area (Å²) in [6.45, 7) is 4.50. The number of ether oxygens (including phenoxy) is 2. The van der Waals surface area contributed by atoms with Crippen LogP contribution >= 0.6 is 0 Å². The molecule has 1 aliphatic rings. The van der Waals surface area contributed by atoms with Crippen molar-refractivity contribution in [3.63, 3.8) is 0 Å². The number of sulfonamides is 1. The van der Waals surface area contributed by atoms with Crippen molar-refractivity contribution in [1.29, 1.82) is 0 Å². The monoisotopic (exact) mass is 404 g/mol. The predicted molar refractivity (Wildman–Crippen MR) is 107 cm³/mol. The van der Waals surface area contributed by atoms with E-state index in [0.29, 0.717) is 18.0 Å². The van der Waals surface area contributed by atoms with Gasteiger partial charge in [0, 0.05) is 0 Å². The molecule has 0 unspecified atom stereocenters. The van der Waals surface area contributed by atoms with E-state index < -0.39 is 16.1 Å². The van der Waals surface area contributed by atoms with Crippen molar-refractivity contribution >= 4 is 21.6 Å². The Morgan fingerprint density at radius 3 is 2.57 bits per heavy atom. The number of fused-ring (bicyclic) bond motifs is 1. The fraction of sp³-hybridized carbons (Fsp3) is 0.350. The van der Waals surface area contributed by atoms with Crippen LogP contribution in [0.1, 0.15) is 11.1 Å². The van der Waals surface area contributed by atoms with Crippen molar-refractivity contribution in [2.24, 2.45) is 0 Å². The number of hydrogen-bond acceptors (Lipinski definition) is 5. The van der Waals surface area contributed by atoms with Crippen molar-refractivity contribution in [2.45, 2.75) is 20.0 Å². The fourth-order valence-corrected chi connectivity index (χ4v) is 4.04. The molecule has 0 saturated heterocycles. The van der Waals surface area contributed by atoms with Crippen molar-refractivity contribution in [3.05, 3.63) is 53.6 Å². The molecule has 0 aliphatic carbocycles. The second kappa shape index (κ2) is 8.10. The van der Waals surface area contributed by atoms with Gasteiger partial charge in [-0.25, -0.2) is 8.42 Å². The molecule has 2 aromatic rings. The summed E-state index contributed by atoms with van der Waals surface area (Å²) in [6, 6.07) is 12.7. The Labute approximate surface area is 165 Å². The zero-order valence-corrected chi connectivity index (χ0v) is 17.0. The minimum atomic E-state index is -3.53. The normalized spacial score (nSPS) is 16.1. The van der Waals surface area contributed by atoms with E-state index in [1.165, 1.54) is 4.31 Å². The number of para-hydroxylation sites is 2. The summed E-state index contributed by atoms with van der Waals surface area (Å²) in [5, 5.41) is 2.74. The first kappa shape index (κ1) is 20.0. The van der Waals surface area contributed by atoms with Gasteiger partial charge < -0.3 is 14.8 Å². The Balaban J connectivity index is 1.59. The maximum absolute atomic E-state index is 12.5. The van der Waals surface area contributed by atoms with Gasteiger partial charge in [0.15, 0.2) is 6.10 Å². The first-order chi connectivity index (χ1) is 13.2. The summed E-state index contributed by atoms with van der Waals surface area (Å²) in [5.41, 5.74) is 2.65. The zero-order chi connectivity index (χ0) is 20.3. The number of benzene rings is 2. The molecule has 1 heterocycles. The van der Waals surface area contributed by atoms with Gasteiger partial charge in [0.25, 0.3) is 5.91 Å². The number of anilines is 1. The van der Waals surface area contributed by atoms with Gasteiger partial charge in [-0.2, -0.15) is 0 Å². The predicted octanol–water partition coefficient (Wildman–Crippen LogP) is 2.03. The molecule has 0 fully saturated rings. The molecule has 1 amide bonds. The lowest BCUT2D eigenvalue weighted by Gasteiger charge is -2.33. The lowest BCUT2D eigenvalue weighted by molar-refractivity contribution is -0.127. The van der Waals surface area contributed by atoms with E-state index in [1.54, 1.807) is 24.3 Å². The lowest BCUT2D eigenvalue weighted by Crippen LogP contribution is -2.51. The quantitative estimate of drug-likeness (QED) is 0.745. The smallest absolute Gasteiger partial charge is 0.263 e. The first-order valence-corrected chi connectivity index (χ1v) is 10.8. The van der Waals surface area contributed by atoms with Crippen LogP contribution in [-0.4, -0.2) is 46.4 Å². The third-order valence-corrected chi connectivity index (χ3v) is 5.44. The highest BCUT2D eigenvalue weighted by atomic mass is 32.2. The van der Waals surface area contributed by atoms with Gasteiger partial charge >= 0.3 is 0 Å². The highest BCUT2D eigenvalue weighted by molar-refractivity contribution is 7.92. The van der Waals surface area contributed by atoms with E-state index >= 15 is 0 Å². The minimum Gasteiger partial charge on any atom is -0.492 e. The number of aryl methyl sites for hydroxylation is 2. The fourth-order valence-electron chi connectivity index (χ4n) is 3.13. The second-order valence-electron chi connectivity index (χ2n) is 6.83. The first-order valence-electron chi connectivity index (χ1n) is 8.96. The average molecular weight is 404 g/mol. The van der Waals surface area contributed by atoms with Crippen molar-refractivity contribution in [2.75, 3.05) is 30.3 Å². The van der Waals surface area contributed by atoms with Crippen LogP contribution < -0.4 is 19.1 Å². The van der Waals surface area contributed by atoms with E-state index in [4.69, 9.17) is 9.47 Å². The van der Waals surface area contributed by atoms with Crippen molar-refractivity contribution in [1.82, 2.24) is 5.32 Å². The summed E-state index contributed by atoms with van der Waals surface area (Å²) in [4.78, 5) is 12.5. The molecular weight excluding hydrogens is 380 g/mol. The van der Waals surface area contributed by atoms with Crippen LogP contribution in [0.2, 0.25) is 0 Å². The molecule has 1 atom stereocenters. The largest absolute Gasteiger partial charge is 0.492 e. The van der Waals surface area contributed by atoms with Gasteiger partial charge in [0.1, 0.15) is 18.1 Å². The van der Waals surface area contributed by atoms with Gasteiger partial charge in [-0.1, -0.05) is 18.2 Å². The zero-order valence-electron chi connectivity index (χ0n) is 16.1. The Kier molecular flexibility index (Phi) is 5.79. The molecule has 1 aliphatic heterocycles. The molecule has 7 nitrogen and oxygen atoms in total. The molecule has 1 N–H and O–H groups in total. The van der Waals surface area contributed by atoms with E-state index in [0.717, 1.165) is 23.1 Å². The Morgan fingerprint density at radius 2 is 1.89 bits per heavy atom. The standard InChI is InChI=1S/C20H24N2O5S/c1-14-10-15(2)12-16(11-14)26-9-8-21-20(23)19-13-22(28(3,24)25)17-6-4-5-7-18(17)27-19/h4-7,10-12,19H,8-9,13H2,1-3H3,(H,21,23)/t19-/m0/s1. The third-order valence-electron chi connectivity index (χ3n) is 4.29. The maximum atomic E-state index is 12.5. The SMILES string of the molecule is Cc1cc(C)cc(OCCNC(=O)[C@@H]2CN(S(C)(=O)=O)c3ccccc3O2)c1. The number of carbonyl (C=O) groups is 1. The van der Waals surface area contributed by atoms with Gasteiger partial charge in [-0.3, -0.25) is 9.10 Å². The van der Waals surface area contributed by atoms with Crippen LogP contribution in [0.25, 0.3) is 0 Å². The van der Waals surface area contributed by atoms with Crippen molar-refractivity contribution in [3.8, 4) is 11.5 Å². The molecule has 28 heavy (non-hydrogen) atoms. The summed E-state index contributed by atoms with van der Waals surface area (Å²) in [7, 11) is -3.53. The van der Waals surface area contributed by atoms with Gasteiger partial charge in [0.2, 0.25) is 10.0 Å². The molecule has 150 valence electrons. The average Bonchev–Trinajstić information content (AvgIpc) is 2.62. The van der Waals surface area contributed by atoms with E-state index in [2.05, 4.69) is 11.4 Å². The molecule has 3 rings (SSSR count). The second-order valence-corrected chi connectivity index (χ2v) is 8.74. The number of nitrogens with one attached hydrogen (secondary N) is 1. The lowest BCUT2D eigenvalue weighted by atomic mass is 10.1. The van der Waals surface area contributed by atoms with Gasteiger partial charge in [-0.05, 0) is 49.2 Å². The highest BCUT2D eigenvalue weighted by Gasteiger charge is 2.34. The molecule has 2 aromatic carbocycles. The van der Waals surface area contributed by atoms with Crippen LogP contribution in [0.15, 0.2) is 42.5 Å². The Hall–Kier alpha value is -2.74. The van der Waals surface area contributed by atoms with Crippen LogP contribution in [0.3, 0.4) is 0 Å². The number of rotatable bonds is 6.